The van der Waals surface area contributed by atoms with E-state index in [4.69, 9.17) is 22.3 Å². The fourth-order valence-electron chi connectivity index (χ4n) is 1.65. The van der Waals surface area contributed by atoms with Crippen LogP contribution in [0.5, 0.6) is 0 Å². The van der Waals surface area contributed by atoms with Gasteiger partial charge in [-0.3, -0.25) is 24.2 Å². The van der Waals surface area contributed by atoms with E-state index in [-0.39, 0.29) is 11.7 Å². The molecule has 0 spiro atoms. The van der Waals surface area contributed by atoms with Crippen LogP contribution in [0.3, 0.4) is 0 Å². The molecule has 0 radical (unpaired) electrons. The van der Waals surface area contributed by atoms with E-state index in [0.29, 0.717) is 19.4 Å². The van der Waals surface area contributed by atoms with Gasteiger partial charge in [0, 0.05) is 12.3 Å². The van der Waals surface area contributed by atoms with Crippen LogP contribution in [-0.2, 0) is 19.2 Å². The number of aliphatic carboxylic acids is 1. The topological polar surface area (TPSA) is 215 Å². The molecular weight excluding hydrogens is 366 g/mol. The van der Waals surface area contributed by atoms with Gasteiger partial charge in [-0.1, -0.05) is 0 Å². The summed E-state index contributed by atoms with van der Waals surface area (Å²) in [4.78, 5) is 49.4. The summed E-state index contributed by atoms with van der Waals surface area (Å²) in [6.45, 7) is -0.668. The van der Waals surface area contributed by atoms with Crippen LogP contribution in [-0.4, -0.2) is 72.2 Å². The van der Waals surface area contributed by atoms with Gasteiger partial charge in [-0.05, 0) is 12.8 Å². The Morgan fingerprint density at radius 3 is 2.27 bits per heavy atom. The number of hydrogen-bond acceptors (Lipinski definition) is 7. The van der Waals surface area contributed by atoms with E-state index >= 15 is 0 Å². The number of thiol groups is 1. The molecule has 3 amide bonds. The lowest BCUT2D eigenvalue weighted by atomic mass is 10.1. The molecule has 10 N–H and O–H groups in total. The minimum absolute atomic E-state index is 0.0188. The van der Waals surface area contributed by atoms with Crippen molar-refractivity contribution in [2.75, 3.05) is 25.4 Å². The lowest BCUT2D eigenvalue weighted by molar-refractivity contribution is -0.138. The van der Waals surface area contributed by atoms with E-state index in [1.54, 1.807) is 0 Å². The highest BCUT2D eigenvalue weighted by molar-refractivity contribution is 7.80. The van der Waals surface area contributed by atoms with Gasteiger partial charge in [0.25, 0.3) is 0 Å². The third-order valence-corrected chi connectivity index (χ3v) is 3.35. The first kappa shape index (κ1) is 23.5. The Kier molecular flexibility index (Phi) is 11.5. The van der Waals surface area contributed by atoms with E-state index < -0.39 is 48.9 Å². The second kappa shape index (κ2) is 12.8. The van der Waals surface area contributed by atoms with Crippen LogP contribution in [0.15, 0.2) is 4.99 Å². The van der Waals surface area contributed by atoms with Gasteiger partial charge in [0.2, 0.25) is 17.7 Å². The minimum Gasteiger partial charge on any atom is -0.480 e. The quantitative estimate of drug-likeness (QED) is 0.0710. The van der Waals surface area contributed by atoms with Crippen molar-refractivity contribution in [2.45, 2.75) is 24.9 Å². The van der Waals surface area contributed by atoms with Gasteiger partial charge in [0.1, 0.15) is 12.6 Å². The second-order valence-electron chi connectivity index (χ2n) is 5.19. The first-order valence-corrected chi connectivity index (χ1v) is 8.29. The molecule has 0 aliphatic rings. The maximum Gasteiger partial charge on any atom is 0.322 e. The van der Waals surface area contributed by atoms with Gasteiger partial charge in [-0.15, -0.1) is 0 Å². The zero-order valence-corrected chi connectivity index (χ0v) is 15.0. The molecule has 2 atom stereocenters. The number of nitrogens with two attached hydrogens (primary N) is 3. The van der Waals surface area contributed by atoms with Crippen molar-refractivity contribution in [3.05, 3.63) is 0 Å². The van der Waals surface area contributed by atoms with E-state index in [1.165, 1.54) is 0 Å². The molecule has 13 heteroatoms. The summed E-state index contributed by atoms with van der Waals surface area (Å²) in [6, 6.07) is -1.86. The van der Waals surface area contributed by atoms with Crippen molar-refractivity contribution in [3.63, 3.8) is 0 Å². The van der Waals surface area contributed by atoms with Gasteiger partial charge in [0.15, 0.2) is 5.96 Å². The zero-order valence-electron chi connectivity index (χ0n) is 14.1. The Hall–Kier alpha value is -2.54. The monoisotopic (exact) mass is 391 g/mol. The lowest BCUT2D eigenvalue weighted by Gasteiger charge is -2.19. The Labute approximate surface area is 155 Å². The Morgan fingerprint density at radius 1 is 1.08 bits per heavy atom. The Morgan fingerprint density at radius 2 is 1.73 bits per heavy atom. The highest BCUT2D eigenvalue weighted by Gasteiger charge is 2.22. The van der Waals surface area contributed by atoms with Crippen LogP contribution in [0.1, 0.15) is 12.8 Å². The van der Waals surface area contributed by atoms with Crippen molar-refractivity contribution >= 4 is 42.3 Å². The number of amides is 3. The molecule has 2 unspecified atom stereocenters. The van der Waals surface area contributed by atoms with Crippen LogP contribution in [0.25, 0.3) is 0 Å². The number of hydrogen-bond donors (Lipinski definition) is 8. The first-order chi connectivity index (χ1) is 12.2. The fourth-order valence-corrected chi connectivity index (χ4v) is 1.91. The van der Waals surface area contributed by atoms with E-state index in [2.05, 4.69) is 33.6 Å². The molecule has 0 aliphatic carbocycles. The zero-order chi connectivity index (χ0) is 20.1. The fraction of sp³-hybridized carbons (Fsp3) is 0.615. The maximum absolute atomic E-state index is 12.0. The first-order valence-electron chi connectivity index (χ1n) is 7.65. The number of rotatable bonds is 12. The van der Waals surface area contributed by atoms with Crippen molar-refractivity contribution in [1.82, 2.24) is 16.0 Å². The van der Waals surface area contributed by atoms with Gasteiger partial charge < -0.3 is 38.3 Å². The van der Waals surface area contributed by atoms with Gasteiger partial charge in [0.05, 0.1) is 12.6 Å². The summed E-state index contributed by atoms with van der Waals surface area (Å²) in [5.41, 5.74) is 16.1. The summed E-state index contributed by atoms with van der Waals surface area (Å²) in [7, 11) is 0. The molecule has 0 bridgehead atoms. The number of carboxylic acids is 1. The largest absolute Gasteiger partial charge is 0.480 e. The van der Waals surface area contributed by atoms with Crippen LogP contribution in [0.2, 0.25) is 0 Å². The molecule has 0 fully saturated rings. The smallest absolute Gasteiger partial charge is 0.322 e. The van der Waals surface area contributed by atoms with Crippen LogP contribution in [0, 0.1) is 0 Å². The van der Waals surface area contributed by atoms with Gasteiger partial charge in [-0.25, -0.2) is 0 Å². The Balaban J connectivity index is 4.30. The summed E-state index contributed by atoms with van der Waals surface area (Å²) in [5, 5.41) is 15.2. The number of aliphatic imine (C=N–C) groups is 1. The average molecular weight is 391 g/mol. The third kappa shape index (κ3) is 11.1. The SMILES string of the molecule is NC(N)=NCCCC(N)C(=O)NC(CS)C(=O)NCC(=O)NCC(=O)O. The molecule has 0 aromatic carbocycles. The van der Waals surface area contributed by atoms with Crippen LogP contribution >= 0.6 is 12.6 Å². The lowest BCUT2D eigenvalue weighted by Crippen LogP contribution is -2.53. The molecule has 26 heavy (non-hydrogen) atoms. The molecule has 0 saturated heterocycles. The highest BCUT2D eigenvalue weighted by atomic mass is 32.1. The number of carboxylic acid groups (broad SMARTS) is 1. The Bertz CT molecular complexity index is 539. The van der Waals surface area contributed by atoms with E-state index in [0.717, 1.165) is 0 Å². The predicted octanol–water partition coefficient (Wildman–Crippen LogP) is -3.90. The van der Waals surface area contributed by atoms with Gasteiger partial charge in [-0.2, -0.15) is 12.6 Å². The van der Waals surface area contributed by atoms with Crippen molar-refractivity contribution in [3.8, 4) is 0 Å². The van der Waals surface area contributed by atoms with Crippen molar-refractivity contribution < 1.29 is 24.3 Å². The van der Waals surface area contributed by atoms with Gasteiger partial charge >= 0.3 is 5.97 Å². The third-order valence-electron chi connectivity index (χ3n) is 2.98. The summed E-state index contributed by atoms with van der Waals surface area (Å²) in [5.74, 6) is -3.16. The van der Waals surface area contributed by atoms with Crippen LogP contribution in [0.4, 0.5) is 0 Å². The molecule has 0 saturated carbocycles. The highest BCUT2D eigenvalue weighted by Crippen LogP contribution is 1.97. The average Bonchev–Trinajstić information content (AvgIpc) is 2.58. The molecule has 0 aromatic heterocycles. The van der Waals surface area contributed by atoms with Crippen molar-refractivity contribution in [1.29, 1.82) is 0 Å². The normalized spacial score (nSPS) is 12.4. The number of carbonyl (C=O) groups excluding carboxylic acids is 3. The standard InChI is InChI=1S/C13H25N7O5S/c14-7(2-1-3-17-13(15)16)11(24)20-8(6-26)12(25)19-4-9(21)18-5-10(22)23/h7-8,26H,1-6,14H2,(H,18,21)(H,19,25)(H,20,24)(H,22,23)(H4,15,16,17). The number of nitrogens with zero attached hydrogens (tertiary/aromatic N) is 1. The van der Waals surface area contributed by atoms with E-state index in [1.807, 2.05) is 0 Å². The molecule has 148 valence electrons. The maximum atomic E-state index is 12.0. The van der Waals surface area contributed by atoms with Crippen LogP contribution < -0.4 is 33.2 Å². The molecular formula is C13H25N7O5S. The molecule has 0 aliphatic heterocycles. The van der Waals surface area contributed by atoms with Crippen molar-refractivity contribution in [2.24, 2.45) is 22.2 Å². The molecule has 12 nitrogen and oxygen atoms in total. The molecule has 0 heterocycles. The number of carbonyl (C=O) groups is 4. The number of guanidine groups is 1. The second-order valence-corrected chi connectivity index (χ2v) is 5.55. The summed E-state index contributed by atoms with van der Waals surface area (Å²) < 4.78 is 0. The molecule has 0 rings (SSSR count). The predicted molar refractivity (Wildman–Crippen MR) is 97.3 cm³/mol. The molecule has 0 aromatic rings. The summed E-state index contributed by atoms with van der Waals surface area (Å²) in [6.07, 6.45) is 0.787. The van der Waals surface area contributed by atoms with E-state index in [9.17, 15) is 19.2 Å². The summed E-state index contributed by atoms with van der Waals surface area (Å²) >= 11 is 3.98. The minimum atomic E-state index is -1.21. The number of nitrogens with one attached hydrogen (secondary N) is 3.